The second-order valence-corrected chi connectivity index (χ2v) is 4.86. The topological polar surface area (TPSA) is 73.6 Å². The summed E-state index contributed by atoms with van der Waals surface area (Å²) >= 11 is 0. The third-order valence-electron chi connectivity index (χ3n) is 3.82. The molecule has 1 aromatic rings. The fraction of sp³-hybridized carbons (Fsp3) is 0.500. The first-order chi connectivity index (χ1) is 9.15. The maximum Gasteiger partial charge on any atom is 0.231 e. The first-order valence-electron chi connectivity index (χ1n) is 6.39. The summed E-state index contributed by atoms with van der Waals surface area (Å²) < 4.78 is 10.4. The number of rotatable bonds is 5. The van der Waals surface area contributed by atoms with E-state index in [1.54, 1.807) is 32.4 Å². The minimum Gasteiger partial charge on any atom is -0.493 e. The van der Waals surface area contributed by atoms with Gasteiger partial charge in [-0.1, -0.05) is 6.42 Å². The Bertz CT molecular complexity index is 464. The lowest BCUT2D eigenvalue weighted by Gasteiger charge is -2.39. The molecular weight excluding hydrogens is 244 g/mol. The van der Waals surface area contributed by atoms with Crippen LogP contribution in [0.15, 0.2) is 18.2 Å². The summed E-state index contributed by atoms with van der Waals surface area (Å²) in [6.45, 7) is 0.395. The summed E-state index contributed by atoms with van der Waals surface area (Å²) in [6.07, 6.45) is 2.79. The van der Waals surface area contributed by atoms with Gasteiger partial charge >= 0.3 is 0 Å². The highest BCUT2D eigenvalue weighted by molar-refractivity contribution is 5.96. The van der Waals surface area contributed by atoms with Crippen LogP contribution in [0.5, 0.6) is 11.5 Å². The second-order valence-electron chi connectivity index (χ2n) is 4.86. The number of benzene rings is 1. The van der Waals surface area contributed by atoms with Crippen molar-refractivity contribution in [1.29, 1.82) is 0 Å². The minimum atomic E-state index is -0.382. The molecule has 5 nitrogen and oxygen atoms in total. The molecule has 0 saturated heterocycles. The Morgan fingerprint density at radius 1 is 1.32 bits per heavy atom. The highest BCUT2D eigenvalue weighted by atomic mass is 16.5. The molecule has 1 aliphatic carbocycles. The van der Waals surface area contributed by atoms with Crippen LogP contribution >= 0.6 is 0 Å². The molecule has 0 radical (unpaired) electrons. The van der Waals surface area contributed by atoms with E-state index in [9.17, 15) is 4.79 Å². The predicted molar refractivity (Wildman–Crippen MR) is 73.5 cm³/mol. The first-order valence-corrected chi connectivity index (χ1v) is 6.39. The van der Waals surface area contributed by atoms with Crippen LogP contribution in [0.3, 0.4) is 0 Å². The van der Waals surface area contributed by atoms with Crippen LogP contribution in [0.4, 0.5) is 5.69 Å². The van der Waals surface area contributed by atoms with Crippen molar-refractivity contribution in [2.24, 2.45) is 11.1 Å². The van der Waals surface area contributed by atoms with Gasteiger partial charge in [-0.2, -0.15) is 0 Å². The Hall–Kier alpha value is -1.75. The maximum absolute atomic E-state index is 12.2. The number of nitrogens with one attached hydrogen (secondary N) is 1. The van der Waals surface area contributed by atoms with E-state index in [4.69, 9.17) is 15.2 Å². The third kappa shape index (κ3) is 2.51. The number of carbonyl (C=O) groups is 1. The van der Waals surface area contributed by atoms with Crippen LogP contribution in [0, 0.1) is 5.41 Å². The lowest BCUT2D eigenvalue weighted by atomic mass is 9.68. The zero-order valence-electron chi connectivity index (χ0n) is 11.4. The van der Waals surface area contributed by atoms with Crippen LogP contribution in [-0.2, 0) is 4.79 Å². The molecular formula is C14H20N2O3. The van der Waals surface area contributed by atoms with Gasteiger partial charge < -0.3 is 20.5 Å². The fourth-order valence-electron chi connectivity index (χ4n) is 2.31. The zero-order valence-corrected chi connectivity index (χ0v) is 11.4. The Morgan fingerprint density at radius 2 is 2.00 bits per heavy atom. The number of hydrogen-bond acceptors (Lipinski definition) is 4. The van der Waals surface area contributed by atoms with Crippen molar-refractivity contribution < 1.29 is 14.3 Å². The van der Waals surface area contributed by atoms with E-state index in [1.165, 1.54) is 0 Å². The van der Waals surface area contributed by atoms with Crippen molar-refractivity contribution in [3.8, 4) is 11.5 Å². The van der Waals surface area contributed by atoms with Gasteiger partial charge in [-0.15, -0.1) is 0 Å². The lowest BCUT2D eigenvalue weighted by molar-refractivity contribution is -0.129. The minimum absolute atomic E-state index is 0.00605. The summed E-state index contributed by atoms with van der Waals surface area (Å²) in [5.41, 5.74) is 6.03. The molecule has 0 aliphatic heterocycles. The van der Waals surface area contributed by atoms with Crippen molar-refractivity contribution in [3.63, 3.8) is 0 Å². The molecule has 1 aliphatic rings. The fourth-order valence-corrected chi connectivity index (χ4v) is 2.31. The SMILES string of the molecule is COc1ccc(NC(=O)C2(CN)CCC2)cc1OC. The van der Waals surface area contributed by atoms with Crippen molar-refractivity contribution in [3.05, 3.63) is 18.2 Å². The van der Waals surface area contributed by atoms with Gasteiger partial charge in [0.25, 0.3) is 0 Å². The molecule has 0 heterocycles. The van der Waals surface area contributed by atoms with Gasteiger partial charge in [-0.05, 0) is 25.0 Å². The Kier molecular flexibility index (Phi) is 3.95. The summed E-state index contributed by atoms with van der Waals surface area (Å²) in [4.78, 5) is 12.2. The Balaban J connectivity index is 2.13. The van der Waals surface area contributed by atoms with E-state index in [2.05, 4.69) is 5.32 Å². The normalized spacial score (nSPS) is 16.4. The molecule has 0 atom stereocenters. The molecule has 0 aromatic heterocycles. The average molecular weight is 264 g/mol. The molecule has 3 N–H and O–H groups in total. The van der Waals surface area contributed by atoms with Crippen molar-refractivity contribution in [2.45, 2.75) is 19.3 Å². The number of carbonyl (C=O) groups excluding carboxylic acids is 1. The van der Waals surface area contributed by atoms with Crippen LogP contribution in [0.25, 0.3) is 0 Å². The smallest absolute Gasteiger partial charge is 0.231 e. The number of hydrogen-bond donors (Lipinski definition) is 2. The van der Waals surface area contributed by atoms with Gasteiger partial charge in [-0.3, -0.25) is 4.79 Å². The monoisotopic (exact) mass is 264 g/mol. The van der Waals surface area contributed by atoms with Gasteiger partial charge in [0.2, 0.25) is 5.91 Å². The molecule has 0 bridgehead atoms. The Labute approximate surface area is 113 Å². The molecule has 1 saturated carbocycles. The quantitative estimate of drug-likeness (QED) is 0.850. The summed E-state index contributed by atoms with van der Waals surface area (Å²) in [6, 6.07) is 5.31. The zero-order chi connectivity index (χ0) is 13.9. The Morgan fingerprint density at radius 3 is 2.47 bits per heavy atom. The third-order valence-corrected chi connectivity index (χ3v) is 3.82. The number of anilines is 1. The van der Waals surface area contributed by atoms with Crippen LogP contribution in [-0.4, -0.2) is 26.7 Å². The van der Waals surface area contributed by atoms with Crippen molar-refractivity contribution in [1.82, 2.24) is 0 Å². The molecule has 0 spiro atoms. The molecule has 1 aromatic carbocycles. The van der Waals surface area contributed by atoms with Crippen molar-refractivity contribution >= 4 is 11.6 Å². The molecule has 19 heavy (non-hydrogen) atoms. The lowest BCUT2D eigenvalue weighted by Crippen LogP contribution is -2.47. The molecule has 5 heteroatoms. The highest BCUT2D eigenvalue weighted by Crippen LogP contribution is 2.41. The predicted octanol–water partition coefficient (Wildman–Crippen LogP) is 1.77. The maximum atomic E-state index is 12.2. The number of amides is 1. The molecule has 1 fully saturated rings. The van der Waals surface area contributed by atoms with Crippen LogP contribution in [0.2, 0.25) is 0 Å². The van der Waals surface area contributed by atoms with Gasteiger partial charge in [0.15, 0.2) is 11.5 Å². The van der Waals surface area contributed by atoms with Gasteiger partial charge in [0, 0.05) is 18.3 Å². The van der Waals surface area contributed by atoms with Crippen LogP contribution in [0.1, 0.15) is 19.3 Å². The molecule has 2 rings (SSSR count). The molecule has 104 valence electrons. The summed E-state index contributed by atoms with van der Waals surface area (Å²) in [5, 5.41) is 2.91. The van der Waals surface area contributed by atoms with Crippen LogP contribution < -0.4 is 20.5 Å². The summed E-state index contributed by atoms with van der Waals surface area (Å²) in [7, 11) is 3.14. The first kappa shape index (κ1) is 13.7. The van der Waals surface area contributed by atoms with Gasteiger partial charge in [-0.25, -0.2) is 0 Å². The van der Waals surface area contributed by atoms with E-state index in [-0.39, 0.29) is 11.3 Å². The van der Waals surface area contributed by atoms with E-state index in [1.807, 2.05) is 0 Å². The number of nitrogens with two attached hydrogens (primary N) is 1. The van der Waals surface area contributed by atoms with E-state index < -0.39 is 0 Å². The van der Waals surface area contributed by atoms with E-state index in [0.717, 1.165) is 19.3 Å². The summed E-state index contributed by atoms with van der Waals surface area (Å²) in [5.74, 6) is 1.22. The molecule has 0 unspecified atom stereocenters. The average Bonchev–Trinajstić information content (AvgIpc) is 2.38. The van der Waals surface area contributed by atoms with E-state index >= 15 is 0 Å². The van der Waals surface area contributed by atoms with Gasteiger partial charge in [0.05, 0.1) is 19.6 Å². The highest BCUT2D eigenvalue weighted by Gasteiger charge is 2.42. The largest absolute Gasteiger partial charge is 0.493 e. The van der Waals surface area contributed by atoms with Crippen molar-refractivity contribution in [2.75, 3.05) is 26.1 Å². The van der Waals surface area contributed by atoms with E-state index in [0.29, 0.717) is 23.7 Å². The number of ether oxygens (including phenoxy) is 2. The standard InChI is InChI=1S/C14H20N2O3/c1-18-11-5-4-10(8-12(11)19-2)16-13(17)14(9-15)6-3-7-14/h4-5,8H,3,6-7,9,15H2,1-2H3,(H,16,17). The number of methoxy groups -OCH3 is 2. The van der Waals surface area contributed by atoms with Gasteiger partial charge in [0.1, 0.15) is 0 Å². The second kappa shape index (κ2) is 5.48. The molecule has 1 amide bonds.